The van der Waals surface area contributed by atoms with Crippen molar-refractivity contribution in [1.82, 2.24) is 0 Å². The summed E-state index contributed by atoms with van der Waals surface area (Å²) in [5, 5.41) is 0. The summed E-state index contributed by atoms with van der Waals surface area (Å²) in [4.78, 5) is 0. The second-order valence-electron chi connectivity index (χ2n) is 7.01. The molecule has 0 bridgehead atoms. The number of benzene rings is 4. The van der Waals surface area contributed by atoms with Crippen LogP contribution in [0.2, 0.25) is 0 Å². The monoisotopic (exact) mass is 410 g/mol. The Bertz CT molecular complexity index is 1220. The van der Waals surface area contributed by atoms with Gasteiger partial charge in [0.2, 0.25) is 0 Å². The fraction of sp³-hybridized carbons (Fsp3) is 0.0400. The Morgan fingerprint density at radius 2 is 0.867 bits per heavy atom. The van der Waals surface area contributed by atoms with Crippen LogP contribution >= 0.6 is 0 Å². The van der Waals surface area contributed by atoms with Crippen molar-refractivity contribution >= 4 is 0 Å². The van der Waals surface area contributed by atoms with E-state index in [1.165, 1.54) is 18.2 Å². The largest absolute Gasteiger partial charge is 0.206 e. The van der Waals surface area contributed by atoms with Crippen LogP contribution in [-0.2, 0) is 0 Å². The summed E-state index contributed by atoms with van der Waals surface area (Å²) in [5.74, 6) is -5.78. The summed E-state index contributed by atoms with van der Waals surface area (Å²) >= 11 is 0. The Morgan fingerprint density at radius 1 is 0.433 bits per heavy atom. The van der Waals surface area contributed by atoms with Gasteiger partial charge in [-0.25, -0.2) is 22.0 Å². The molecule has 0 amide bonds. The van der Waals surface area contributed by atoms with Gasteiger partial charge in [-0.1, -0.05) is 54.1 Å². The quantitative estimate of drug-likeness (QED) is 0.240. The maximum atomic E-state index is 14.7. The van der Waals surface area contributed by atoms with Crippen molar-refractivity contribution in [2.24, 2.45) is 0 Å². The first-order valence-electron chi connectivity index (χ1n) is 9.15. The van der Waals surface area contributed by atoms with Gasteiger partial charge in [0.15, 0.2) is 17.5 Å². The zero-order valence-corrected chi connectivity index (χ0v) is 15.8. The smallest absolute Gasteiger partial charge is 0.194 e. The van der Waals surface area contributed by atoms with E-state index in [9.17, 15) is 22.0 Å². The van der Waals surface area contributed by atoms with Crippen LogP contribution in [0.1, 0.15) is 5.56 Å². The summed E-state index contributed by atoms with van der Waals surface area (Å²) in [7, 11) is 0. The molecule has 0 fully saturated rings. The van der Waals surface area contributed by atoms with E-state index in [2.05, 4.69) is 0 Å². The van der Waals surface area contributed by atoms with Crippen molar-refractivity contribution in [2.45, 2.75) is 6.92 Å². The summed E-state index contributed by atoms with van der Waals surface area (Å²) in [6.07, 6.45) is 0. The van der Waals surface area contributed by atoms with Crippen molar-refractivity contribution < 1.29 is 22.0 Å². The lowest BCUT2D eigenvalue weighted by molar-refractivity contribution is 0.447. The van der Waals surface area contributed by atoms with Crippen LogP contribution in [0.4, 0.5) is 22.0 Å². The van der Waals surface area contributed by atoms with E-state index in [1.54, 1.807) is 12.1 Å². The number of aryl methyl sites for hydroxylation is 1. The van der Waals surface area contributed by atoms with Gasteiger partial charge < -0.3 is 0 Å². The summed E-state index contributed by atoms with van der Waals surface area (Å²) in [5.41, 5.74) is 2.82. The van der Waals surface area contributed by atoms with E-state index in [1.807, 2.05) is 31.2 Å². The predicted molar refractivity (Wildman–Crippen MR) is 107 cm³/mol. The topological polar surface area (TPSA) is 0 Å². The highest BCUT2D eigenvalue weighted by atomic mass is 19.2. The van der Waals surface area contributed by atoms with E-state index in [0.717, 1.165) is 17.2 Å². The van der Waals surface area contributed by atoms with Crippen LogP contribution in [0, 0.1) is 36.0 Å². The lowest BCUT2D eigenvalue weighted by Gasteiger charge is -2.10. The van der Waals surface area contributed by atoms with Crippen molar-refractivity contribution in [1.29, 1.82) is 0 Å². The maximum Gasteiger partial charge on any atom is 0.194 e. The minimum absolute atomic E-state index is 0.117. The third-order valence-corrected chi connectivity index (χ3v) is 4.93. The van der Waals surface area contributed by atoms with Gasteiger partial charge in [-0.05, 0) is 53.4 Å². The highest BCUT2D eigenvalue weighted by Gasteiger charge is 2.15. The Hall–Kier alpha value is -3.47. The van der Waals surface area contributed by atoms with Gasteiger partial charge in [0, 0.05) is 11.1 Å². The van der Waals surface area contributed by atoms with Crippen LogP contribution in [0.15, 0.2) is 72.8 Å². The standard InChI is InChI=1S/C25H15F5/c1-14-2-4-15(5-3-14)16-6-8-19(21(26)10-16)17-7-9-20(22(27)11-17)18-12-23(28)25(30)24(29)13-18/h2-13H,1H3. The maximum absolute atomic E-state index is 14.7. The Labute approximate surface area is 170 Å². The number of halogens is 5. The van der Waals surface area contributed by atoms with Crippen LogP contribution in [-0.4, -0.2) is 0 Å². The highest BCUT2D eigenvalue weighted by Crippen LogP contribution is 2.32. The molecule has 0 aliphatic heterocycles. The van der Waals surface area contributed by atoms with Gasteiger partial charge in [0.05, 0.1) is 0 Å². The van der Waals surface area contributed by atoms with E-state index < -0.39 is 29.1 Å². The molecule has 0 spiro atoms. The lowest BCUT2D eigenvalue weighted by Crippen LogP contribution is -1.94. The molecule has 5 heteroatoms. The van der Waals surface area contributed by atoms with E-state index in [0.29, 0.717) is 17.7 Å². The van der Waals surface area contributed by atoms with Crippen molar-refractivity contribution in [3.8, 4) is 33.4 Å². The molecular formula is C25H15F5. The zero-order chi connectivity index (χ0) is 21.4. The highest BCUT2D eigenvalue weighted by molar-refractivity contribution is 5.74. The van der Waals surface area contributed by atoms with Crippen LogP contribution < -0.4 is 0 Å². The third-order valence-electron chi connectivity index (χ3n) is 4.93. The molecule has 0 N–H and O–H groups in total. The molecule has 0 heterocycles. The van der Waals surface area contributed by atoms with Crippen molar-refractivity contribution in [3.05, 3.63) is 107 Å². The molecule has 0 atom stereocenters. The van der Waals surface area contributed by atoms with E-state index in [-0.39, 0.29) is 22.3 Å². The fourth-order valence-corrected chi connectivity index (χ4v) is 3.30. The molecule has 0 saturated carbocycles. The first-order chi connectivity index (χ1) is 14.3. The van der Waals surface area contributed by atoms with Crippen LogP contribution in [0.3, 0.4) is 0 Å². The summed E-state index contributed by atoms with van der Waals surface area (Å²) in [6, 6.07) is 17.5. The number of hydrogen-bond acceptors (Lipinski definition) is 0. The molecule has 0 aliphatic carbocycles. The van der Waals surface area contributed by atoms with Crippen molar-refractivity contribution in [3.63, 3.8) is 0 Å². The molecule has 150 valence electrons. The SMILES string of the molecule is Cc1ccc(-c2ccc(-c3ccc(-c4cc(F)c(F)c(F)c4)c(F)c3)c(F)c2)cc1. The molecule has 30 heavy (non-hydrogen) atoms. The minimum atomic E-state index is -1.62. The Morgan fingerprint density at radius 3 is 1.43 bits per heavy atom. The first kappa shape index (κ1) is 19.8. The third kappa shape index (κ3) is 3.71. The minimum Gasteiger partial charge on any atom is -0.206 e. The van der Waals surface area contributed by atoms with Crippen LogP contribution in [0.5, 0.6) is 0 Å². The van der Waals surface area contributed by atoms with Gasteiger partial charge >= 0.3 is 0 Å². The van der Waals surface area contributed by atoms with Gasteiger partial charge in [-0.2, -0.15) is 0 Å². The lowest BCUT2D eigenvalue weighted by atomic mass is 9.96. The van der Waals surface area contributed by atoms with Gasteiger partial charge in [0.1, 0.15) is 11.6 Å². The number of hydrogen-bond donors (Lipinski definition) is 0. The van der Waals surface area contributed by atoms with Crippen LogP contribution in [0.25, 0.3) is 33.4 Å². The van der Waals surface area contributed by atoms with Crippen molar-refractivity contribution in [2.75, 3.05) is 0 Å². The molecule has 0 aliphatic rings. The average molecular weight is 410 g/mol. The molecule has 4 aromatic rings. The summed E-state index contributed by atoms with van der Waals surface area (Å²) < 4.78 is 69.5. The molecule has 4 rings (SSSR count). The van der Waals surface area contributed by atoms with Gasteiger partial charge in [-0.3, -0.25) is 0 Å². The molecular weight excluding hydrogens is 395 g/mol. The number of rotatable bonds is 3. The van der Waals surface area contributed by atoms with Gasteiger partial charge in [0.25, 0.3) is 0 Å². The first-order valence-corrected chi connectivity index (χ1v) is 9.15. The molecule has 4 aromatic carbocycles. The molecule has 0 saturated heterocycles. The Kier molecular flexibility index (Phi) is 5.12. The average Bonchev–Trinajstić information content (AvgIpc) is 2.72. The summed E-state index contributed by atoms with van der Waals surface area (Å²) in [6.45, 7) is 1.96. The fourth-order valence-electron chi connectivity index (χ4n) is 3.30. The van der Waals surface area contributed by atoms with Gasteiger partial charge in [-0.15, -0.1) is 0 Å². The normalized spacial score (nSPS) is 11.0. The molecule has 0 nitrogen and oxygen atoms in total. The second-order valence-corrected chi connectivity index (χ2v) is 7.01. The zero-order valence-electron chi connectivity index (χ0n) is 15.8. The molecule has 0 radical (unpaired) electrons. The van der Waals surface area contributed by atoms with E-state index >= 15 is 0 Å². The molecule has 0 unspecified atom stereocenters. The van der Waals surface area contributed by atoms with E-state index in [4.69, 9.17) is 0 Å². The second kappa shape index (κ2) is 7.75. The Balaban J connectivity index is 1.70. The predicted octanol–water partition coefficient (Wildman–Crippen LogP) is 7.69. The molecule has 0 aromatic heterocycles.